The first-order chi connectivity index (χ1) is 12.2. The van der Waals surface area contributed by atoms with E-state index in [9.17, 15) is 4.79 Å². The lowest BCUT2D eigenvalue weighted by Gasteiger charge is -2.31. The molecule has 2 heterocycles. The van der Waals surface area contributed by atoms with Crippen molar-refractivity contribution in [3.63, 3.8) is 0 Å². The van der Waals surface area contributed by atoms with Gasteiger partial charge in [-0.1, -0.05) is 18.2 Å². The van der Waals surface area contributed by atoms with E-state index in [2.05, 4.69) is 33.5 Å². The molecule has 0 unspecified atom stereocenters. The predicted molar refractivity (Wildman–Crippen MR) is 114 cm³/mol. The van der Waals surface area contributed by atoms with Crippen LogP contribution < -0.4 is 10.6 Å². The molecule has 2 aliphatic rings. The summed E-state index contributed by atoms with van der Waals surface area (Å²) in [7, 11) is 2.05. The minimum absolute atomic E-state index is 0. The number of morpholine rings is 1. The highest BCUT2D eigenvalue weighted by molar-refractivity contribution is 5.93. The van der Waals surface area contributed by atoms with Crippen LogP contribution in [0.1, 0.15) is 18.4 Å². The van der Waals surface area contributed by atoms with Crippen LogP contribution in [0.2, 0.25) is 0 Å². The molecule has 1 amide bonds. The maximum Gasteiger partial charge on any atom is 0.238 e. The third-order valence-electron chi connectivity index (χ3n) is 5.11. The van der Waals surface area contributed by atoms with Gasteiger partial charge in [-0.2, -0.15) is 0 Å². The summed E-state index contributed by atoms with van der Waals surface area (Å²) in [6.07, 6.45) is 2.22. The minimum Gasteiger partial charge on any atom is -0.379 e. The van der Waals surface area contributed by atoms with Crippen molar-refractivity contribution in [3.8, 4) is 0 Å². The number of anilines is 1. The zero-order chi connectivity index (χ0) is 17.5. The molecule has 0 aromatic heterocycles. The van der Waals surface area contributed by atoms with Crippen LogP contribution in [-0.2, 0) is 16.1 Å². The summed E-state index contributed by atoms with van der Waals surface area (Å²) in [5.74, 6) is 0.0652. The van der Waals surface area contributed by atoms with Crippen LogP contribution in [0, 0.1) is 0 Å². The summed E-state index contributed by atoms with van der Waals surface area (Å²) in [5.41, 5.74) is 2.10. The topological polar surface area (TPSA) is 56.8 Å². The van der Waals surface area contributed by atoms with Gasteiger partial charge < -0.3 is 15.4 Å². The number of ether oxygens (including phenoxy) is 1. The number of nitrogens with one attached hydrogen (secondary N) is 2. The van der Waals surface area contributed by atoms with Gasteiger partial charge in [-0.15, -0.1) is 24.8 Å². The van der Waals surface area contributed by atoms with Gasteiger partial charge in [-0.25, -0.2) is 0 Å². The molecule has 8 heteroatoms. The summed E-state index contributed by atoms with van der Waals surface area (Å²) in [6, 6.07) is 8.61. The molecule has 2 aliphatic heterocycles. The number of carbonyl (C=O) groups excluding carboxylic acids is 1. The quantitative estimate of drug-likeness (QED) is 0.739. The van der Waals surface area contributed by atoms with Gasteiger partial charge in [0.05, 0.1) is 19.8 Å². The van der Waals surface area contributed by atoms with Gasteiger partial charge in [0.15, 0.2) is 0 Å². The molecule has 1 aromatic rings. The smallest absolute Gasteiger partial charge is 0.238 e. The SMILES string of the molecule is CN(CC(=O)Nc1ccccc1CN1CCOCC1)C1CCNCC1.Cl.Cl. The molecule has 0 saturated carbocycles. The van der Waals surface area contributed by atoms with Gasteiger partial charge in [0.25, 0.3) is 0 Å². The second-order valence-corrected chi connectivity index (χ2v) is 6.99. The van der Waals surface area contributed by atoms with E-state index in [0.29, 0.717) is 12.6 Å². The van der Waals surface area contributed by atoms with Crippen molar-refractivity contribution < 1.29 is 9.53 Å². The molecular formula is C19H32Cl2N4O2. The van der Waals surface area contributed by atoms with Gasteiger partial charge in [-0.3, -0.25) is 14.6 Å². The number of hydrogen-bond acceptors (Lipinski definition) is 5. The van der Waals surface area contributed by atoms with Crippen LogP contribution in [-0.4, -0.2) is 74.7 Å². The van der Waals surface area contributed by atoms with E-state index in [-0.39, 0.29) is 30.7 Å². The lowest BCUT2D eigenvalue weighted by molar-refractivity contribution is -0.117. The van der Waals surface area contributed by atoms with Crippen molar-refractivity contribution in [1.29, 1.82) is 0 Å². The number of hydrogen-bond donors (Lipinski definition) is 2. The Morgan fingerprint density at radius 1 is 1.22 bits per heavy atom. The molecule has 0 spiro atoms. The van der Waals surface area contributed by atoms with E-state index in [4.69, 9.17) is 4.74 Å². The highest BCUT2D eigenvalue weighted by Crippen LogP contribution is 2.18. The number of amides is 1. The number of piperidine rings is 1. The van der Waals surface area contributed by atoms with Crippen LogP contribution in [0.3, 0.4) is 0 Å². The Balaban J connectivity index is 0.00000182. The molecule has 3 rings (SSSR count). The molecule has 154 valence electrons. The van der Waals surface area contributed by atoms with Crippen LogP contribution in [0.25, 0.3) is 0 Å². The van der Waals surface area contributed by atoms with Crippen molar-refractivity contribution in [2.45, 2.75) is 25.4 Å². The summed E-state index contributed by atoms with van der Waals surface area (Å²) in [6.45, 7) is 6.84. The lowest BCUT2D eigenvalue weighted by Crippen LogP contribution is -2.44. The molecule has 2 fully saturated rings. The average Bonchev–Trinajstić information content (AvgIpc) is 2.65. The number of carbonyl (C=O) groups is 1. The van der Waals surface area contributed by atoms with Crippen molar-refractivity contribution >= 4 is 36.4 Å². The van der Waals surface area contributed by atoms with Crippen LogP contribution in [0.15, 0.2) is 24.3 Å². The second kappa shape index (κ2) is 12.5. The number of rotatable bonds is 6. The zero-order valence-electron chi connectivity index (χ0n) is 16.0. The fraction of sp³-hybridized carbons (Fsp3) is 0.632. The van der Waals surface area contributed by atoms with Gasteiger partial charge in [0, 0.05) is 31.4 Å². The van der Waals surface area contributed by atoms with E-state index < -0.39 is 0 Å². The summed E-state index contributed by atoms with van der Waals surface area (Å²) >= 11 is 0. The second-order valence-electron chi connectivity index (χ2n) is 6.99. The van der Waals surface area contributed by atoms with Gasteiger partial charge in [0.2, 0.25) is 5.91 Å². The molecule has 0 atom stereocenters. The Kier molecular flexibility index (Phi) is 11.2. The third kappa shape index (κ3) is 7.56. The molecule has 6 nitrogen and oxygen atoms in total. The fourth-order valence-corrected chi connectivity index (χ4v) is 3.57. The molecule has 0 aliphatic carbocycles. The normalized spacial score (nSPS) is 18.4. The van der Waals surface area contributed by atoms with Crippen molar-refractivity contribution in [1.82, 2.24) is 15.1 Å². The third-order valence-corrected chi connectivity index (χ3v) is 5.11. The van der Waals surface area contributed by atoms with Crippen molar-refractivity contribution in [2.75, 3.05) is 58.3 Å². The lowest BCUT2D eigenvalue weighted by atomic mass is 10.1. The molecule has 0 radical (unpaired) electrons. The number of halogens is 2. The highest BCUT2D eigenvalue weighted by Gasteiger charge is 2.20. The standard InChI is InChI=1S/C19H30N4O2.2ClH/c1-22(17-6-8-20-9-7-17)15-19(24)21-18-5-3-2-4-16(18)14-23-10-12-25-13-11-23;;/h2-5,17,20H,6-15H2,1H3,(H,21,24);2*1H. The van der Waals surface area contributed by atoms with Crippen LogP contribution in [0.5, 0.6) is 0 Å². The summed E-state index contributed by atoms with van der Waals surface area (Å²) < 4.78 is 5.41. The van der Waals surface area contributed by atoms with Crippen LogP contribution >= 0.6 is 24.8 Å². The van der Waals surface area contributed by atoms with E-state index >= 15 is 0 Å². The molecule has 1 aromatic carbocycles. The Hall–Kier alpha value is -0.890. The highest BCUT2D eigenvalue weighted by atomic mass is 35.5. The van der Waals surface area contributed by atoms with Gasteiger partial charge >= 0.3 is 0 Å². The van der Waals surface area contributed by atoms with Gasteiger partial charge in [-0.05, 0) is 44.6 Å². The van der Waals surface area contributed by atoms with E-state index in [0.717, 1.165) is 64.5 Å². The minimum atomic E-state index is 0. The number of nitrogens with zero attached hydrogens (tertiary/aromatic N) is 2. The molecular weight excluding hydrogens is 387 g/mol. The number of likely N-dealkylation sites (N-methyl/N-ethyl adjacent to an activating group) is 1. The van der Waals surface area contributed by atoms with Crippen molar-refractivity contribution in [3.05, 3.63) is 29.8 Å². The van der Waals surface area contributed by atoms with Gasteiger partial charge in [0.1, 0.15) is 0 Å². The first-order valence-electron chi connectivity index (χ1n) is 9.31. The van der Waals surface area contributed by atoms with E-state index in [1.165, 1.54) is 5.56 Å². The Morgan fingerprint density at radius 2 is 1.89 bits per heavy atom. The zero-order valence-corrected chi connectivity index (χ0v) is 17.6. The summed E-state index contributed by atoms with van der Waals surface area (Å²) in [5, 5.41) is 6.48. The Bertz CT molecular complexity index is 564. The molecule has 2 N–H and O–H groups in total. The Labute approximate surface area is 174 Å². The van der Waals surface area contributed by atoms with E-state index in [1.54, 1.807) is 0 Å². The van der Waals surface area contributed by atoms with E-state index in [1.807, 2.05) is 18.2 Å². The fourth-order valence-electron chi connectivity index (χ4n) is 3.57. The first-order valence-corrected chi connectivity index (χ1v) is 9.31. The number of para-hydroxylation sites is 1. The Morgan fingerprint density at radius 3 is 2.59 bits per heavy atom. The van der Waals surface area contributed by atoms with Crippen LogP contribution in [0.4, 0.5) is 5.69 Å². The summed E-state index contributed by atoms with van der Waals surface area (Å²) in [4.78, 5) is 17.1. The molecule has 0 bridgehead atoms. The molecule has 27 heavy (non-hydrogen) atoms. The maximum absolute atomic E-state index is 12.5. The predicted octanol–water partition coefficient (Wildman–Crippen LogP) is 1.98. The number of benzene rings is 1. The van der Waals surface area contributed by atoms with Crippen molar-refractivity contribution in [2.24, 2.45) is 0 Å². The molecule has 2 saturated heterocycles. The monoisotopic (exact) mass is 418 g/mol. The maximum atomic E-state index is 12.5. The largest absolute Gasteiger partial charge is 0.379 e. The average molecular weight is 419 g/mol. The first kappa shape index (κ1) is 24.1.